The maximum absolute atomic E-state index is 5.33. The topological polar surface area (TPSA) is 21.3 Å². The van der Waals surface area contributed by atoms with Crippen molar-refractivity contribution in [2.75, 3.05) is 12.4 Å². The SMILES string of the molecule is COc1ccc2c(c1)C(Nc1ccc(Br)cc1Br)CC2. The normalized spacial score (nSPS) is 16.9. The second-order valence-electron chi connectivity index (χ2n) is 4.92. The van der Waals surface area contributed by atoms with E-state index in [0.717, 1.165) is 33.2 Å². The van der Waals surface area contributed by atoms with E-state index in [1.165, 1.54) is 11.1 Å². The van der Waals surface area contributed by atoms with Gasteiger partial charge in [-0.25, -0.2) is 0 Å². The molecule has 0 radical (unpaired) electrons. The minimum absolute atomic E-state index is 0.345. The highest BCUT2D eigenvalue weighted by Gasteiger charge is 2.23. The van der Waals surface area contributed by atoms with E-state index in [9.17, 15) is 0 Å². The van der Waals surface area contributed by atoms with Crippen LogP contribution in [0.3, 0.4) is 0 Å². The van der Waals surface area contributed by atoms with Gasteiger partial charge >= 0.3 is 0 Å². The van der Waals surface area contributed by atoms with E-state index in [0.29, 0.717) is 6.04 Å². The van der Waals surface area contributed by atoms with Gasteiger partial charge in [0.05, 0.1) is 13.2 Å². The lowest BCUT2D eigenvalue weighted by molar-refractivity contribution is 0.414. The monoisotopic (exact) mass is 395 g/mol. The molecule has 2 nitrogen and oxygen atoms in total. The van der Waals surface area contributed by atoms with Crippen molar-refractivity contribution in [3.8, 4) is 5.75 Å². The number of nitrogens with one attached hydrogen (secondary N) is 1. The molecule has 0 heterocycles. The van der Waals surface area contributed by atoms with Gasteiger partial charge in [0.15, 0.2) is 0 Å². The zero-order valence-electron chi connectivity index (χ0n) is 11.1. The Morgan fingerprint density at radius 1 is 1.15 bits per heavy atom. The number of rotatable bonds is 3. The van der Waals surface area contributed by atoms with Crippen molar-refractivity contribution in [3.05, 3.63) is 56.5 Å². The van der Waals surface area contributed by atoms with Gasteiger partial charge in [-0.2, -0.15) is 0 Å². The van der Waals surface area contributed by atoms with E-state index >= 15 is 0 Å². The number of hydrogen-bond donors (Lipinski definition) is 1. The van der Waals surface area contributed by atoms with Crippen molar-refractivity contribution < 1.29 is 4.74 Å². The first kappa shape index (κ1) is 14.0. The molecule has 0 fully saturated rings. The lowest BCUT2D eigenvalue weighted by Crippen LogP contribution is -2.07. The zero-order chi connectivity index (χ0) is 14.1. The van der Waals surface area contributed by atoms with Gasteiger partial charge in [-0.3, -0.25) is 0 Å². The number of anilines is 1. The maximum atomic E-state index is 5.33. The molecule has 0 saturated heterocycles. The number of aryl methyl sites for hydroxylation is 1. The Labute approximate surface area is 135 Å². The van der Waals surface area contributed by atoms with Crippen LogP contribution in [0.2, 0.25) is 0 Å². The van der Waals surface area contributed by atoms with Gasteiger partial charge in [-0.05, 0) is 70.2 Å². The molecule has 1 atom stereocenters. The molecule has 1 aliphatic rings. The van der Waals surface area contributed by atoms with Gasteiger partial charge in [-0.1, -0.05) is 22.0 Å². The molecular weight excluding hydrogens is 382 g/mol. The lowest BCUT2D eigenvalue weighted by atomic mass is 10.1. The molecule has 20 heavy (non-hydrogen) atoms. The van der Waals surface area contributed by atoms with Gasteiger partial charge in [0.25, 0.3) is 0 Å². The molecule has 0 amide bonds. The molecule has 0 bridgehead atoms. The van der Waals surface area contributed by atoms with Gasteiger partial charge in [-0.15, -0.1) is 0 Å². The summed E-state index contributed by atoms with van der Waals surface area (Å²) >= 11 is 7.08. The van der Waals surface area contributed by atoms with Gasteiger partial charge < -0.3 is 10.1 Å². The minimum Gasteiger partial charge on any atom is -0.497 e. The molecule has 1 aliphatic carbocycles. The summed E-state index contributed by atoms with van der Waals surface area (Å²) in [5.74, 6) is 0.923. The van der Waals surface area contributed by atoms with Crippen LogP contribution >= 0.6 is 31.9 Å². The predicted octanol–water partition coefficient (Wildman–Crippen LogP) is 5.32. The number of ether oxygens (including phenoxy) is 1. The van der Waals surface area contributed by atoms with Crippen LogP contribution in [-0.2, 0) is 6.42 Å². The minimum atomic E-state index is 0.345. The van der Waals surface area contributed by atoms with E-state index in [-0.39, 0.29) is 0 Å². The standard InChI is InChI=1S/C16H15Br2NO/c1-20-12-5-2-10-3-6-15(13(10)9-12)19-16-7-4-11(17)8-14(16)18/h2,4-5,7-9,15,19H,3,6H2,1H3. The molecule has 0 aliphatic heterocycles. The van der Waals surface area contributed by atoms with Crippen molar-refractivity contribution in [2.24, 2.45) is 0 Å². The fraction of sp³-hybridized carbons (Fsp3) is 0.250. The molecule has 104 valence electrons. The number of benzene rings is 2. The van der Waals surface area contributed by atoms with Crippen molar-refractivity contribution in [3.63, 3.8) is 0 Å². The molecular formula is C16H15Br2NO. The molecule has 0 spiro atoms. The van der Waals surface area contributed by atoms with E-state index in [2.05, 4.69) is 67.5 Å². The summed E-state index contributed by atoms with van der Waals surface area (Å²) in [6, 6.07) is 12.9. The fourth-order valence-electron chi connectivity index (χ4n) is 2.65. The van der Waals surface area contributed by atoms with Gasteiger partial charge in [0, 0.05) is 14.6 Å². The summed E-state index contributed by atoms with van der Waals surface area (Å²) in [6.45, 7) is 0. The van der Waals surface area contributed by atoms with Crippen LogP contribution in [0.25, 0.3) is 0 Å². The zero-order valence-corrected chi connectivity index (χ0v) is 14.3. The predicted molar refractivity (Wildman–Crippen MR) is 89.5 cm³/mol. The highest BCUT2D eigenvalue weighted by atomic mass is 79.9. The van der Waals surface area contributed by atoms with Crippen LogP contribution in [0.4, 0.5) is 5.69 Å². The number of methoxy groups -OCH3 is 1. The van der Waals surface area contributed by atoms with Crippen LogP contribution in [0, 0.1) is 0 Å². The molecule has 2 aromatic rings. The summed E-state index contributed by atoms with van der Waals surface area (Å²) in [5.41, 5.74) is 3.88. The molecule has 0 aromatic heterocycles. The van der Waals surface area contributed by atoms with Crippen molar-refractivity contribution in [2.45, 2.75) is 18.9 Å². The second kappa shape index (κ2) is 5.78. The van der Waals surface area contributed by atoms with E-state index in [4.69, 9.17) is 4.74 Å². The first-order chi connectivity index (χ1) is 9.67. The smallest absolute Gasteiger partial charge is 0.119 e. The summed E-state index contributed by atoms with van der Waals surface area (Å²) in [7, 11) is 1.71. The van der Waals surface area contributed by atoms with E-state index in [1.54, 1.807) is 7.11 Å². The Morgan fingerprint density at radius 3 is 2.75 bits per heavy atom. The summed E-state index contributed by atoms with van der Waals surface area (Å²) in [5, 5.41) is 3.62. The Kier molecular flexibility index (Phi) is 4.03. The lowest BCUT2D eigenvalue weighted by Gasteiger charge is -2.17. The fourth-order valence-corrected chi connectivity index (χ4v) is 3.81. The highest BCUT2D eigenvalue weighted by molar-refractivity contribution is 9.11. The summed E-state index contributed by atoms with van der Waals surface area (Å²) in [6.07, 6.45) is 2.23. The van der Waals surface area contributed by atoms with Crippen LogP contribution in [0.1, 0.15) is 23.6 Å². The largest absolute Gasteiger partial charge is 0.497 e. The van der Waals surface area contributed by atoms with Crippen molar-refractivity contribution >= 4 is 37.5 Å². The summed E-state index contributed by atoms with van der Waals surface area (Å²) in [4.78, 5) is 0. The van der Waals surface area contributed by atoms with Crippen LogP contribution in [0.5, 0.6) is 5.75 Å². The first-order valence-corrected chi connectivity index (χ1v) is 8.14. The third-order valence-corrected chi connectivity index (χ3v) is 4.84. The maximum Gasteiger partial charge on any atom is 0.119 e. The Balaban J connectivity index is 1.87. The molecule has 1 unspecified atom stereocenters. The third kappa shape index (κ3) is 2.72. The van der Waals surface area contributed by atoms with Gasteiger partial charge in [0.2, 0.25) is 0 Å². The molecule has 1 N–H and O–H groups in total. The van der Waals surface area contributed by atoms with Crippen molar-refractivity contribution in [1.29, 1.82) is 0 Å². The summed E-state index contributed by atoms with van der Waals surface area (Å²) < 4.78 is 7.48. The third-order valence-electron chi connectivity index (χ3n) is 3.69. The Hall–Kier alpha value is -1.000. The average Bonchev–Trinajstić information content (AvgIpc) is 2.84. The number of halogens is 2. The molecule has 0 saturated carbocycles. The first-order valence-electron chi connectivity index (χ1n) is 6.56. The Bertz CT molecular complexity index is 642. The van der Waals surface area contributed by atoms with Crippen LogP contribution in [-0.4, -0.2) is 7.11 Å². The molecule has 4 heteroatoms. The Morgan fingerprint density at radius 2 is 2.00 bits per heavy atom. The number of fused-ring (bicyclic) bond motifs is 1. The van der Waals surface area contributed by atoms with E-state index < -0.39 is 0 Å². The average molecular weight is 397 g/mol. The van der Waals surface area contributed by atoms with E-state index in [1.807, 2.05) is 6.07 Å². The molecule has 2 aromatic carbocycles. The van der Waals surface area contributed by atoms with Gasteiger partial charge in [0.1, 0.15) is 5.75 Å². The quantitative estimate of drug-likeness (QED) is 0.757. The number of hydrogen-bond acceptors (Lipinski definition) is 2. The van der Waals surface area contributed by atoms with Crippen LogP contribution in [0.15, 0.2) is 45.3 Å². The highest BCUT2D eigenvalue weighted by Crippen LogP contribution is 2.38. The van der Waals surface area contributed by atoms with Crippen LogP contribution < -0.4 is 10.1 Å². The van der Waals surface area contributed by atoms with Crippen molar-refractivity contribution in [1.82, 2.24) is 0 Å². The molecule has 3 rings (SSSR count). The second-order valence-corrected chi connectivity index (χ2v) is 6.69.